The van der Waals surface area contributed by atoms with Crippen LogP contribution in [-0.4, -0.2) is 31.4 Å². The van der Waals surface area contributed by atoms with Crippen LogP contribution in [0.4, 0.5) is 79.0 Å². The fourth-order valence-electron chi connectivity index (χ4n) is 3.80. The fraction of sp³-hybridized carbons (Fsp3) is 0.368. The van der Waals surface area contributed by atoms with Crippen LogP contribution in [0.25, 0.3) is 0 Å². The molecule has 0 bridgehead atoms. The predicted octanol–water partition coefficient (Wildman–Crippen LogP) is 3.47. The minimum atomic E-state index is -6.57. The summed E-state index contributed by atoms with van der Waals surface area (Å²) < 4.78 is 242. The van der Waals surface area contributed by atoms with E-state index >= 15 is 0 Å². The average Bonchev–Trinajstić information content (AvgIpc) is 2.67. The SMILES string of the molecule is C[Si]([O-])(c1ccc(C(F)(F)F)c(C(F)(F)F)c1C(F)(F)F)c1ccc(C(F)(F)F)c(C(F)(F)F)c1C(F)(F)F.[Cl-].[Mg+2]. The molecule has 41 heavy (non-hydrogen) atoms. The molecule has 22 heteroatoms. The zero-order valence-electron chi connectivity index (χ0n) is 19.1. The van der Waals surface area contributed by atoms with E-state index in [1.807, 2.05) is 0 Å². The predicted molar refractivity (Wildman–Crippen MR) is 99.5 cm³/mol. The van der Waals surface area contributed by atoms with Gasteiger partial charge >= 0.3 is 60.1 Å². The number of hydrogen-bond donors (Lipinski definition) is 0. The Balaban J connectivity index is 0.00000800. The molecule has 0 heterocycles. The zero-order valence-corrected chi connectivity index (χ0v) is 22.3. The molecule has 0 aliphatic heterocycles. The van der Waals surface area contributed by atoms with Crippen LogP contribution in [0.15, 0.2) is 24.3 Å². The monoisotopic (exact) mass is 680 g/mol. The third kappa shape index (κ3) is 7.88. The quantitative estimate of drug-likeness (QED) is 0.352. The van der Waals surface area contributed by atoms with Gasteiger partial charge in [-0.3, -0.25) is 0 Å². The van der Waals surface area contributed by atoms with Gasteiger partial charge in [0.25, 0.3) is 0 Å². The van der Waals surface area contributed by atoms with Crippen molar-refractivity contribution in [2.45, 2.75) is 43.6 Å². The van der Waals surface area contributed by atoms with Crippen molar-refractivity contribution in [1.29, 1.82) is 0 Å². The van der Waals surface area contributed by atoms with Gasteiger partial charge in [0.15, 0.2) is 0 Å². The van der Waals surface area contributed by atoms with Crippen LogP contribution in [0.5, 0.6) is 0 Å². The third-order valence-electron chi connectivity index (χ3n) is 5.18. The summed E-state index contributed by atoms with van der Waals surface area (Å²) in [7, 11) is -6.57. The molecule has 0 aliphatic carbocycles. The molecule has 0 saturated carbocycles. The normalized spacial score (nSPS) is 14.0. The van der Waals surface area contributed by atoms with Crippen molar-refractivity contribution in [3.8, 4) is 0 Å². The van der Waals surface area contributed by atoms with Crippen molar-refractivity contribution < 1.29 is 96.2 Å². The van der Waals surface area contributed by atoms with Crippen LogP contribution in [0, 0.1) is 0 Å². The minimum Gasteiger partial charge on any atom is -1.00 e. The summed E-state index contributed by atoms with van der Waals surface area (Å²) in [6.45, 7) is -0.233. The van der Waals surface area contributed by atoms with E-state index in [0.29, 0.717) is 0 Å². The molecule has 2 rings (SSSR count). The summed E-state index contributed by atoms with van der Waals surface area (Å²) >= 11 is 0. The van der Waals surface area contributed by atoms with Crippen LogP contribution in [0.3, 0.4) is 0 Å². The topological polar surface area (TPSA) is 23.1 Å². The second-order valence-corrected chi connectivity index (χ2v) is 11.0. The number of hydrogen-bond acceptors (Lipinski definition) is 1. The second-order valence-electron chi connectivity index (χ2n) is 7.84. The Hall–Kier alpha value is -1.59. The Labute approximate surface area is 239 Å². The molecule has 0 atom stereocenters. The van der Waals surface area contributed by atoms with Crippen LogP contribution in [0.1, 0.15) is 33.4 Å². The second kappa shape index (κ2) is 11.5. The van der Waals surface area contributed by atoms with Crippen LogP contribution < -0.4 is 27.6 Å². The van der Waals surface area contributed by atoms with Crippen molar-refractivity contribution in [2.75, 3.05) is 0 Å². The largest absolute Gasteiger partial charge is 2.00 e. The zero-order chi connectivity index (χ0) is 30.9. The Morgan fingerprint density at radius 3 is 0.829 bits per heavy atom. The first-order valence-electron chi connectivity index (χ1n) is 9.43. The maximum Gasteiger partial charge on any atom is 2.00 e. The van der Waals surface area contributed by atoms with E-state index in [-0.39, 0.29) is 42.0 Å². The van der Waals surface area contributed by atoms with Crippen LogP contribution in [0.2, 0.25) is 6.55 Å². The molecule has 0 radical (unpaired) electrons. The first-order chi connectivity index (χ1) is 16.9. The minimum absolute atomic E-state index is 0. The van der Waals surface area contributed by atoms with Gasteiger partial charge in [0.2, 0.25) is 0 Å². The van der Waals surface area contributed by atoms with Gasteiger partial charge < -0.3 is 17.2 Å². The maximum absolute atomic E-state index is 13.7. The molecule has 0 N–H and O–H groups in total. The first kappa shape index (κ1) is 39.4. The number of alkyl halides is 18. The molecule has 2 aromatic carbocycles. The van der Waals surface area contributed by atoms with Crippen molar-refractivity contribution >= 4 is 41.7 Å². The molecule has 0 fully saturated rings. The Morgan fingerprint density at radius 2 is 0.659 bits per heavy atom. The fourth-order valence-corrected chi connectivity index (χ4v) is 6.38. The molecule has 0 spiro atoms. The summed E-state index contributed by atoms with van der Waals surface area (Å²) in [6.07, 6.45) is -38.6. The van der Waals surface area contributed by atoms with E-state index in [1.165, 1.54) is 0 Å². The van der Waals surface area contributed by atoms with Gasteiger partial charge in [-0.05, 0) is 12.1 Å². The van der Waals surface area contributed by atoms with E-state index in [2.05, 4.69) is 0 Å². The van der Waals surface area contributed by atoms with Gasteiger partial charge in [-0.1, -0.05) is 29.1 Å². The van der Waals surface area contributed by atoms with Gasteiger partial charge in [0, 0.05) is 8.32 Å². The Morgan fingerprint density at radius 1 is 0.439 bits per heavy atom. The summed E-state index contributed by atoms with van der Waals surface area (Å²) in [5.41, 5.74) is -20.1. The van der Waals surface area contributed by atoms with Crippen molar-refractivity contribution in [3.63, 3.8) is 0 Å². The van der Waals surface area contributed by atoms with Gasteiger partial charge in [-0.25, -0.2) is 0 Å². The van der Waals surface area contributed by atoms with Crippen molar-refractivity contribution in [1.82, 2.24) is 0 Å². The smallest absolute Gasteiger partial charge is 1.00 e. The molecule has 2 aromatic rings. The molecule has 228 valence electrons. The van der Waals surface area contributed by atoms with E-state index in [1.54, 1.807) is 0 Å². The van der Waals surface area contributed by atoms with Crippen molar-refractivity contribution in [2.24, 2.45) is 0 Å². The molecular formula is C19H7ClF18MgOSi. The first-order valence-corrected chi connectivity index (χ1v) is 11.8. The van der Waals surface area contributed by atoms with E-state index < -0.39 is 113 Å². The summed E-state index contributed by atoms with van der Waals surface area (Å²) in [4.78, 5) is 13.4. The molecule has 0 amide bonds. The maximum atomic E-state index is 13.7. The van der Waals surface area contributed by atoms with Gasteiger partial charge in [-0.2, -0.15) is 79.0 Å². The van der Waals surface area contributed by atoms with E-state index in [4.69, 9.17) is 0 Å². The van der Waals surface area contributed by atoms with Crippen LogP contribution >= 0.6 is 0 Å². The average molecular weight is 681 g/mol. The molecule has 0 aliphatic rings. The third-order valence-corrected chi connectivity index (χ3v) is 8.07. The number of rotatable bonds is 2. The summed E-state index contributed by atoms with van der Waals surface area (Å²) in [5.74, 6) is 0. The summed E-state index contributed by atoms with van der Waals surface area (Å²) in [5, 5.41) is -4.87. The van der Waals surface area contributed by atoms with Crippen molar-refractivity contribution in [3.05, 3.63) is 57.6 Å². The molecule has 0 aromatic heterocycles. The molecular weight excluding hydrogens is 674 g/mol. The summed E-state index contributed by atoms with van der Waals surface area (Å²) in [6, 6.07) is -2.63. The Kier molecular flexibility index (Phi) is 11.0. The standard InChI is InChI=1S/C19H7F18OSi.ClH.Mg/c1-39(38,8-4-2-6(14(20,21)22)10(16(26,27)28)12(8)18(32,33)34)9-5-3-7(15(23,24)25)11(17(29,30)31)13(9)19(35,36)37;;/h2-5H,1H3;1H;/q-1;;+2/p-1. The van der Waals surface area contributed by atoms with Gasteiger partial charge in [0.05, 0.1) is 33.4 Å². The molecule has 0 saturated heterocycles. The molecule has 1 nitrogen and oxygen atoms in total. The number of halogens is 19. The van der Waals surface area contributed by atoms with Gasteiger partial charge in [-0.15, -0.1) is 0 Å². The molecule has 0 unspecified atom stereocenters. The van der Waals surface area contributed by atoms with E-state index in [9.17, 15) is 83.8 Å². The van der Waals surface area contributed by atoms with Gasteiger partial charge in [0.1, 0.15) is 0 Å². The van der Waals surface area contributed by atoms with E-state index in [0.717, 1.165) is 0 Å². The van der Waals surface area contributed by atoms with Crippen LogP contribution in [-0.2, 0) is 37.1 Å². The number of benzene rings is 2. The Bertz CT molecular complexity index is 1160.